The summed E-state index contributed by atoms with van der Waals surface area (Å²) < 4.78 is 0. The van der Waals surface area contributed by atoms with Crippen molar-refractivity contribution in [1.29, 1.82) is 0 Å². The van der Waals surface area contributed by atoms with Crippen LogP contribution in [-0.4, -0.2) is 35.1 Å². The van der Waals surface area contributed by atoms with Gasteiger partial charge in [0.25, 0.3) is 0 Å². The van der Waals surface area contributed by atoms with E-state index in [4.69, 9.17) is 5.11 Å². The van der Waals surface area contributed by atoms with Crippen molar-refractivity contribution in [3.05, 3.63) is 0 Å². The van der Waals surface area contributed by atoms with Crippen LogP contribution in [-0.2, 0) is 4.79 Å². The second-order valence-electron chi connectivity index (χ2n) is 4.52. The summed E-state index contributed by atoms with van der Waals surface area (Å²) in [6.45, 7) is 7.72. The maximum atomic E-state index is 11.6. The second kappa shape index (κ2) is 4.61. The highest BCUT2D eigenvalue weighted by Gasteiger charge is 2.26. The number of carbonyl (C=O) groups excluding carboxylic acids is 1. The molecule has 1 amide bonds. The maximum absolute atomic E-state index is 11.6. The highest BCUT2D eigenvalue weighted by Crippen LogP contribution is 2.14. The highest BCUT2D eigenvalue weighted by atomic mass is 16.3. The number of aliphatic hydroxyl groups is 1. The fraction of sp³-hybridized carbons (Fsp3) is 0.900. The number of nitrogens with zero attached hydrogens (tertiary/aromatic N) is 1. The van der Waals surface area contributed by atoms with Crippen molar-refractivity contribution in [2.45, 2.75) is 39.7 Å². The first-order chi connectivity index (χ1) is 5.81. The molecular weight excluding hydrogens is 166 g/mol. The molecule has 0 aromatic heterocycles. The van der Waals surface area contributed by atoms with Gasteiger partial charge in [-0.25, -0.2) is 0 Å². The molecule has 0 saturated carbocycles. The lowest BCUT2D eigenvalue weighted by molar-refractivity contribution is -0.136. The molecule has 0 saturated heterocycles. The van der Waals surface area contributed by atoms with Crippen LogP contribution in [0.2, 0.25) is 0 Å². The maximum Gasteiger partial charge on any atom is 0.223 e. The molecule has 0 heterocycles. The summed E-state index contributed by atoms with van der Waals surface area (Å²) >= 11 is 0. The summed E-state index contributed by atoms with van der Waals surface area (Å²) in [4.78, 5) is 13.2. The van der Waals surface area contributed by atoms with E-state index in [1.54, 1.807) is 11.9 Å². The van der Waals surface area contributed by atoms with Gasteiger partial charge in [-0.1, -0.05) is 13.8 Å². The van der Waals surface area contributed by atoms with Gasteiger partial charge in [0, 0.05) is 13.5 Å². The number of amides is 1. The minimum absolute atomic E-state index is 0.00661. The smallest absolute Gasteiger partial charge is 0.223 e. The van der Waals surface area contributed by atoms with Crippen molar-refractivity contribution < 1.29 is 9.90 Å². The summed E-state index contributed by atoms with van der Waals surface area (Å²) in [5.74, 6) is 0.457. The van der Waals surface area contributed by atoms with Crippen molar-refractivity contribution >= 4 is 5.91 Å². The number of rotatable bonds is 4. The lowest BCUT2D eigenvalue weighted by Crippen LogP contribution is -2.47. The molecule has 0 aromatic rings. The molecule has 0 aliphatic heterocycles. The van der Waals surface area contributed by atoms with Crippen LogP contribution >= 0.6 is 0 Å². The van der Waals surface area contributed by atoms with Crippen LogP contribution in [0.3, 0.4) is 0 Å². The van der Waals surface area contributed by atoms with Crippen LogP contribution < -0.4 is 0 Å². The minimum Gasteiger partial charge on any atom is -0.394 e. The third kappa shape index (κ3) is 3.77. The SMILES string of the molecule is CC(C)CC(=O)N(C)C(C)(C)CO. The Balaban J connectivity index is 4.25. The lowest BCUT2D eigenvalue weighted by Gasteiger charge is -2.34. The van der Waals surface area contributed by atoms with Gasteiger partial charge in [-0.15, -0.1) is 0 Å². The zero-order chi connectivity index (χ0) is 10.6. The molecule has 0 aliphatic rings. The standard InChI is InChI=1S/C10H21NO2/c1-8(2)6-9(13)11(5)10(3,4)7-12/h8,12H,6-7H2,1-5H3. The van der Waals surface area contributed by atoms with Crippen LogP contribution in [0.1, 0.15) is 34.1 Å². The predicted molar refractivity (Wildman–Crippen MR) is 53.4 cm³/mol. The summed E-state index contributed by atoms with van der Waals surface area (Å²) in [5, 5.41) is 9.05. The van der Waals surface area contributed by atoms with Crippen LogP contribution in [0.4, 0.5) is 0 Å². The van der Waals surface area contributed by atoms with E-state index in [0.29, 0.717) is 12.3 Å². The van der Waals surface area contributed by atoms with Gasteiger partial charge in [-0.3, -0.25) is 4.79 Å². The quantitative estimate of drug-likeness (QED) is 0.720. The van der Waals surface area contributed by atoms with Gasteiger partial charge in [0.15, 0.2) is 0 Å². The van der Waals surface area contributed by atoms with Crippen molar-refractivity contribution in [3.8, 4) is 0 Å². The number of aliphatic hydroxyl groups excluding tert-OH is 1. The van der Waals surface area contributed by atoms with Gasteiger partial charge in [0.2, 0.25) is 5.91 Å². The van der Waals surface area contributed by atoms with Crippen LogP contribution in [0.5, 0.6) is 0 Å². The highest BCUT2D eigenvalue weighted by molar-refractivity contribution is 5.76. The molecule has 0 rings (SSSR count). The normalized spacial score (nSPS) is 11.9. The number of hydrogen-bond acceptors (Lipinski definition) is 2. The summed E-state index contributed by atoms with van der Waals surface area (Å²) in [5.41, 5.74) is -0.452. The zero-order valence-corrected chi connectivity index (χ0v) is 9.29. The molecule has 0 aliphatic carbocycles. The fourth-order valence-electron chi connectivity index (χ4n) is 0.930. The van der Waals surface area contributed by atoms with Crippen LogP contribution in [0.25, 0.3) is 0 Å². The number of hydrogen-bond donors (Lipinski definition) is 1. The molecule has 13 heavy (non-hydrogen) atoms. The Hall–Kier alpha value is -0.570. The second-order valence-corrected chi connectivity index (χ2v) is 4.52. The summed E-state index contributed by atoms with van der Waals surface area (Å²) in [6.07, 6.45) is 0.542. The minimum atomic E-state index is -0.452. The molecule has 0 fully saturated rings. The van der Waals surface area contributed by atoms with Crippen LogP contribution in [0, 0.1) is 5.92 Å². The van der Waals surface area contributed by atoms with Gasteiger partial charge >= 0.3 is 0 Å². The van der Waals surface area contributed by atoms with Gasteiger partial charge in [0.05, 0.1) is 12.1 Å². The molecule has 78 valence electrons. The molecule has 0 bridgehead atoms. The third-order valence-electron chi connectivity index (χ3n) is 2.25. The van der Waals surface area contributed by atoms with Gasteiger partial charge in [-0.05, 0) is 19.8 Å². The lowest BCUT2D eigenvalue weighted by atomic mass is 10.0. The summed E-state index contributed by atoms with van der Waals surface area (Å²) in [6, 6.07) is 0. The topological polar surface area (TPSA) is 40.5 Å². The van der Waals surface area contributed by atoms with Crippen LogP contribution in [0.15, 0.2) is 0 Å². The fourth-order valence-corrected chi connectivity index (χ4v) is 0.930. The van der Waals surface area contributed by atoms with Crippen molar-refractivity contribution in [2.75, 3.05) is 13.7 Å². The average Bonchev–Trinajstić information content (AvgIpc) is 2.01. The predicted octanol–water partition coefficient (Wildman–Crippen LogP) is 1.26. The molecule has 0 unspecified atom stereocenters. The molecule has 0 radical (unpaired) electrons. The Kier molecular flexibility index (Phi) is 4.40. The van der Waals surface area contributed by atoms with Gasteiger partial charge in [0.1, 0.15) is 0 Å². The first-order valence-corrected chi connectivity index (χ1v) is 4.68. The Morgan fingerprint density at radius 3 is 2.23 bits per heavy atom. The molecule has 1 N–H and O–H groups in total. The number of carbonyl (C=O) groups is 1. The molecule has 0 aromatic carbocycles. The first-order valence-electron chi connectivity index (χ1n) is 4.68. The monoisotopic (exact) mass is 187 g/mol. The van der Waals surface area contributed by atoms with Crippen molar-refractivity contribution in [3.63, 3.8) is 0 Å². The Bertz CT molecular complexity index is 176. The molecular formula is C10H21NO2. The van der Waals surface area contributed by atoms with Crippen molar-refractivity contribution in [2.24, 2.45) is 5.92 Å². The van der Waals surface area contributed by atoms with E-state index in [0.717, 1.165) is 0 Å². The molecule has 3 heteroatoms. The van der Waals surface area contributed by atoms with Crippen molar-refractivity contribution in [1.82, 2.24) is 4.90 Å². The molecule has 0 atom stereocenters. The van der Waals surface area contributed by atoms with Gasteiger partial charge < -0.3 is 10.0 Å². The Morgan fingerprint density at radius 1 is 1.46 bits per heavy atom. The first kappa shape index (κ1) is 12.4. The van der Waals surface area contributed by atoms with E-state index in [9.17, 15) is 4.79 Å². The third-order valence-corrected chi connectivity index (χ3v) is 2.25. The summed E-state index contributed by atoms with van der Waals surface area (Å²) in [7, 11) is 1.74. The largest absolute Gasteiger partial charge is 0.394 e. The van der Waals surface area contributed by atoms with E-state index in [1.807, 2.05) is 27.7 Å². The molecule has 3 nitrogen and oxygen atoms in total. The van der Waals surface area contributed by atoms with E-state index in [2.05, 4.69) is 0 Å². The Labute approximate surface area is 80.7 Å². The Morgan fingerprint density at radius 2 is 1.92 bits per heavy atom. The van der Waals surface area contributed by atoms with Gasteiger partial charge in [-0.2, -0.15) is 0 Å². The van der Waals surface area contributed by atoms with E-state index < -0.39 is 5.54 Å². The zero-order valence-electron chi connectivity index (χ0n) is 9.29. The average molecular weight is 187 g/mol. The van der Waals surface area contributed by atoms with E-state index in [1.165, 1.54) is 0 Å². The van der Waals surface area contributed by atoms with E-state index in [-0.39, 0.29) is 12.5 Å². The number of likely N-dealkylation sites (N-methyl/N-ethyl adjacent to an activating group) is 1. The van der Waals surface area contributed by atoms with E-state index >= 15 is 0 Å². The molecule has 0 spiro atoms.